The number of piperidine rings is 1. The van der Waals surface area contributed by atoms with E-state index >= 15 is 0 Å². The molecule has 0 aromatic carbocycles. The van der Waals surface area contributed by atoms with E-state index in [9.17, 15) is 0 Å². The molecule has 18 heavy (non-hydrogen) atoms. The molecule has 5 nitrogen and oxygen atoms in total. The molecule has 2 rings (SSSR count). The van der Waals surface area contributed by atoms with Crippen molar-refractivity contribution < 1.29 is 5.21 Å². The SMILES string of the molecule is NC(=NO)C1CCN(CCCN2CCCC2)CC1. The van der Waals surface area contributed by atoms with Gasteiger partial charge in [-0.3, -0.25) is 0 Å². The molecule has 0 spiro atoms. The van der Waals surface area contributed by atoms with Crippen molar-refractivity contribution in [3.8, 4) is 0 Å². The average molecular weight is 254 g/mol. The minimum absolute atomic E-state index is 0.282. The van der Waals surface area contributed by atoms with Gasteiger partial charge in [0, 0.05) is 5.92 Å². The molecule has 2 fully saturated rings. The fourth-order valence-corrected chi connectivity index (χ4v) is 3.06. The number of nitrogens with zero attached hydrogens (tertiary/aromatic N) is 3. The second-order valence-corrected chi connectivity index (χ2v) is 5.54. The van der Waals surface area contributed by atoms with Crippen LogP contribution in [0.15, 0.2) is 5.16 Å². The highest BCUT2D eigenvalue weighted by Gasteiger charge is 2.22. The van der Waals surface area contributed by atoms with Crippen LogP contribution in [0.3, 0.4) is 0 Å². The zero-order valence-electron chi connectivity index (χ0n) is 11.2. The van der Waals surface area contributed by atoms with Crippen molar-refractivity contribution in [2.45, 2.75) is 32.1 Å². The monoisotopic (exact) mass is 254 g/mol. The maximum absolute atomic E-state index is 8.66. The normalized spacial score (nSPS) is 24.8. The average Bonchev–Trinajstić information content (AvgIpc) is 2.92. The molecule has 0 aliphatic carbocycles. The van der Waals surface area contributed by atoms with Crippen LogP contribution in [0.25, 0.3) is 0 Å². The molecule has 0 radical (unpaired) electrons. The third kappa shape index (κ3) is 3.85. The highest BCUT2D eigenvalue weighted by atomic mass is 16.4. The molecule has 2 aliphatic heterocycles. The lowest BCUT2D eigenvalue weighted by Gasteiger charge is -2.31. The Hall–Kier alpha value is -0.810. The Bertz CT molecular complexity index is 268. The molecule has 2 aliphatic rings. The van der Waals surface area contributed by atoms with Gasteiger partial charge in [-0.1, -0.05) is 5.16 Å². The minimum Gasteiger partial charge on any atom is -0.409 e. The first kappa shape index (κ1) is 13.6. The van der Waals surface area contributed by atoms with Crippen LogP contribution < -0.4 is 5.73 Å². The molecule has 3 N–H and O–H groups in total. The third-order valence-electron chi connectivity index (χ3n) is 4.27. The lowest BCUT2D eigenvalue weighted by Crippen LogP contribution is -2.39. The van der Waals surface area contributed by atoms with Gasteiger partial charge < -0.3 is 20.7 Å². The topological polar surface area (TPSA) is 65.1 Å². The van der Waals surface area contributed by atoms with Gasteiger partial charge in [-0.05, 0) is 71.4 Å². The fourth-order valence-electron chi connectivity index (χ4n) is 3.06. The van der Waals surface area contributed by atoms with E-state index in [4.69, 9.17) is 10.9 Å². The van der Waals surface area contributed by atoms with E-state index in [1.807, 2.05) is 0 Å². The molecule has 0 aromatic rings. The van der Waals surface area contributed by atoms with E-state index in [2.05, 4.69) is 15.0 Å². The third-order valence-corrected chi connectivity index (χ3v) is 4.27. The Balaban J connectivity index is 1.58. The predicted molar refractivity (Wildman–Crippen MR) is 72.9 cm³/mol. The molecule has 5 heteroatoms. The molecule has 2 heterocycles. The number of hydrogen-bond donors (Lipinski definition) is 2. The maximum atomic E-state index is 8.66. The van der Waals surface area contributed by atoms with Gasteiger partial charge in [0.1, 0.15) is 5.84 Å². The number of oxime groups is 1. The zero-order valence-corrected chi connectivity index (χ0v) is 11.2. The van der Waals surface area contributed by atoms with Crippen molar-refractivity contribution in [1.29, 1.82) is 0 Å². The Labute approximate surface area is 110 Å². The van der Waals surface area contributed by atoms with Gasteiger partial charge in [0.2, 0.25) is 0 Å². The maximum Gasteiger partial charge on any atom is 0.142 e. The van der Waals surface area contributed by atoms with E-state index in [0.29, 0.717) is 5.84 Å². The van der Waals surface area contributed by atoms with Gasteiger partial charge in [0.05, 0.1) is 0 Å². The smallest absolute Gasteiger partial charge is 0.142 e. The van der Waals surface area contributed by atoms with Crippen molar-refractivity contribution >= 4 is 5.84 Å². The Kier molecular flexibility index (Phi) is 5.26. The van der Waals surface area contributed by atoms with E-state index in [0.717, 1.165) is 25.9 Å². The Morgan fingerprint density at radius 1 is 1.06 bits per heavy atom. The van der Waals surface area contributed by atoms with Crippen LogP contribution in [0.1, 0.15) is 32.1 Å². The largest absolute Gasteiger partial charge is 0.409 e. The van der Waals surface area contributed by atoms with E-state index in [1.165, 1.54) is 45.4 Å². The Morgan fingerprint density at radius 3 is 2.17 bits per heavy atom. The number of hydrogen-bond acceptors (Lipinski definition) is 4. The second kappa shape index (κ2) is 6.95. The van der Waals surface area contributed by atoms with Gasteiger partial charge in [0.25, 0.3) is 0 Å². The quantitative estimate of drug-likeness (QED) is 0.331. The summed E-state index contributed by atoms with van der Waals surface area (Å²) in [5, 5.41) is 11.8. The summed E-state index contributed by atoms with van der Waals surface area (Å²) in [6.45, 7) is 7.21. The predicted octanol–water partition coefficient (Wildman–Crippen LogP) is 0.931. The first-order chi connectivity index (χ1) is 8.79. The van der Waals surface area contributed by atoms with E-state index in [-0.39, 0.29) is 5.92 Å². The summed E-state index contributed by atoms with van der Waals surface area (Å²) in [4.78, 5) is 5.08. The van der Waals surface area contributed by atoms with Gasteiger partial charge in [0.15, 0.2) is 0 Å². The molecular weight excluding hydrogens is 228 g/mol. The summed E-state index contributed by atoms with van der Waals surface area (Å²) >= 11 is 0. The number of amidine groups is 1. The number of nitrogens with two attached hydrogens (primary N) is 1. The summed E-state index contributed by atoms with van der Waals surface area (Å²) < 4.78 is 0. The number of likely N-dealkylation sites (tertiary alicyclic amines) is 2. The summed E-state index contributed by atoms with van der Waals surface area (Å²) in [6, 6.07) is 0. The molecule has 0 unspecified atom stereocenters. The van der Waals surface area contributed by atoms with Crippen molar-refractivity contribution in [1.82, 2.24) is 9.80 Å². The molecule has 0 saturated carbocycles. The summed E-state index contributed by atoms with van der Waals surface area (Å²) in [5.41, 5.74) is 5.65. The molecule has 0 bridgehead atoms. The standard InChI is InChI=1S/C13H26N4O/c14-13(15-18)12-4-10-17(11-5-12)9-3-8-16-6-1-2-7-16/h12,18H,1-11H2,(H2,14,15). The highest BCUT2D eigenvalue weighted by molar-refractivity contribution is 5.82. The van der Waals surface area contributed by atoms with Crippen molar-refractivity contribution in [2.24, 2.45) is 16.8 Å². The van der Waals surface area contributed by atoms with Crippen LogP contribution >= 0.6 is 0 Å². The molecule has 104 valence electrons. The summed E-state index contributed by atoms with van der Waals surface area (Å²) in [5.74, 6) is 0.691. The van der Waals surface area contributed by atoms with Gasteiger partial charge >= 0.3 is 0 Å². The zero-order chi connectivity index (χ0) is 12.8. The van der Waals surface area contributed by atoms with E-state index in [1.54, 1.807) is 0 Å². The fraction of sp³-hybridized carbons (Fsp3) is 0.923. The molecule has 0 atom stereocenters. The van der Waals surface area contributed by atoms with Gasteiger partial charge in [-0.25, -0.2) is 0 Å². The second-order valence-electron chi connectivity index (χ2n) is 5.54. The Morgan fingerprint density at radius 2 is 1.61 bits per heavy atom. The lowest BCUT2D eigenvalue weighted by atomic mass is 9.96. The lowest BCUT2D eigenvalue weighted by molar-refractivity contribution is 0.193. The van der Waals surface area contributed by atoms with Crippen molar-refractivity contribution in [3.63, 3.8) is 0 Å². The first-order valence-electron chi connectivity index (χ1n) is 7.21. The molecule has 2 saturated heterocycles. The van der Waals surface area contributed by atoms with Gasteiger partial charge in [-0.2, -0.15) is 0 Å². The van der Waals surface area contributed by atoms with Crippen LogP contribution in [0.5, 0.6) is 0 Å². The molecular formula is C13H26N4O. The molecule has 0 amide bonds. The first-order valence-corrected chi connectivity index (χ1v) is 7.21. The summed E-state index contributed by atoms with van der Waals surface area (Å²) in [6.07, 6.45) is 6.09. The van der Waals surface area contributed by atoms with Gasteiger partial charge in [-0.15, -0.1) is 0 Å². The van der Waals surface area contributed by atoms with Crippen molar-refractivity contribution in [2.75, 3.05) is 39.3 Å². The van der Waals surface area contributed by atoms with Crippen LogP contribution in [0.4, 0.5) is 0 Å². The highest BCUT2D eigenvalue weighted by Crippen LogP contribution is 2.17. The van der Waals surface area contributed by atoms with Crippen LogP contribution in [0, 0.1) is 5.92 Å². The van der Waals surface area contributed by atoms with Crippen LogP contribution in [-0.2, 0) is 0 Å². The molecule has 0 aromatic heterocycles. The van der Waals surface area contributed by atoms with Crippen LogP contribution in [0.2, 0.25) is 0 Å². The van der Waals surface area contributed by atoms with E-state index < -0.39 is 0 Å². The number of rotatable bonds is 5. The van der Waals surface area contributed by atoms with Crippen molar-refractivity contribution in [3.05, 3.63) is 0 Å². The van der Waals surface area contributed by atoms with Crippen LogP contribution in [-0.4, -0.2) is 60.1 Å². The summed E-state index contributed by atoms with van der Waals surface area (Å²) in [7, 11) is 0. The minimum atomic E-state index is 0.282.